The topological polar surface area (TPSA) is 51.8 Å². The van der Waals surface area contributed by atoms with Gasteiger partial charge in [-0.25, -0.2) is 0 Å². The molecule has 1 aliphatic heterocycles. The van der Waals surface area contributed by atoms with Gasteiger partial charge in [0.05, 0.1) is 6.04 Å². The van der Waals surface area contributed by atoms with E-state index in [4.69, 9.17) is 11.6 Å². The predicted octanol–water partition coefficient (Wildman–Crippen LogP) is 2.88. The fourth-order valence-corrected chi connectivity index (χ4v) is 3.72. The zero-order valence-corrected chi connectivity index (χ0v) is 12.5. The van der Waals surface area contributed by atoms with Gasteiger partial charge in [-0.15, -0.1) is 11.3 Å². The van der Waals surface area contributed by atoms with Crippen LogP contribution in [0.25, 0.3) is 0 Å². The SMILES string of the molecule is O.O=C[C@H](c1ccccc1Cl)N1CCc2sccc2C1. The summed E-state index contributed by atoms with van der Waals surface area (Å²) in [6.07, 6.45) is 2.01. The highest BCUT2D eigenvalue weighted by Gasteiger charge is 2.26. The van der Waals surface area contributed by atoms with Crippen LogP contribution in [0.15, 0.2) is 35.7 Å². The first-order chi connectivity index (χ1) is 9.29. The number of thiophene rings is 1. The number of hydrogen-bond acceptors (Lipinski definition) is 3. The minimum atomic E-state index is -0.248. The van der Waals surface area contributed by atoms with Crippen LogP contribution in [0.2, 0.25) is 5.02 Å². The fourth-order valence-electron chi connectivity index (χ4n) is 2.58. The summed E-state index contributed by atoms with van der Waals surface area (Å²) >= 11 is 8.02. The summed E-state index contributed by atoms with van der Waals surface area (Å²) in [5.41, 5.74) is 2.24. The normalized spacial score (nSPS) is 16.1. The number of carbonyl (C=O) groups excluding carboxylic acids is 1. The number of carbonyl (C=O) groups is 1. The molecule has 0 saturated carbocycles. The number of rotatable bonds is 3. The van der Waals surface area contributed by atoms with Crippen LogP contribution in [0.4, 0.5) is 0 Å². The van der Waals surface area contributed by atoms with E-state index in [2.05, 4.69) is 16.3 Å². The Labute approximate surface area is 127 Å². The number of benzene rings is 1. The lowest BCUT2D eigenvalue weighted by molar-refractivity contribution is -0.113. The Kier molecular flexibility index (Phi) is 4.94. The van der Waals surface area contributed by atoms with Crippen LogP contribution in [-0.2, 0) is 17.8 Å². The quantitative estimate of drug-likeness (QED) is 0.819. The third kappa shape index (κ3) is 2.79. The molecule has 3 rings (SSSR count). The summed E-state index contributed by atoms with van der Waals surface area (Å²) in [5, 5.41) is 2.79. The molecule has 2 heterocycles. The van der Waals surface area contributed by atoms with Crippen molar-refractivity contribution in [3.05, 3.63) is 56.7 Å². The summed E-state index contributed by atoms with van der Waals surface area (Å²) < 4.78 is 0. The van der Waals surface area contributed by atoms with Gasteiger partial charge in [-0.1, -0.05) is 29.8 Å². The van der Waals surface area contributed by atoms with E-state index in [0.717, 1.165) is 31.4 Å². The molecule has 0 radical (unpaired) electrons. The van der Waals surface area contributed by atoms with Crippen LogP contribution in [0.5, 0.6) is 0 Å². The van der Waals surface area contributed by atoms with Crippen molar-refractivity contribution in [3.8, 4) is 0 Å². The standard InChI is InChI=1S/C15H14ClNOS.H2O/c16-13-4-2-1-3-12(13)14(10-18)17-7-5-15-11(9-17)6-8-19-15;/h1-4,6,8,10,14H,5,7,9H2;1H2/t14-;/m1./s1. The Bertz CT molecular complexity index is 599. The van der Waals surface area contributed by atoms with Crippen molar-refractivity contribution >= 4 is 29.2 Å². The van der Waals surface area contributed by atoms with Crippen LogP contribution in [0.3, 0.4) is 0 Å². The molecule has 0 fully saturated rings. The molecule has 1 aromatic carbocycles. The molecule has 5 heteroatoms. The number of halogens is 1. The van der Waals surface area contributed by atoms with Gasteiger partial charge in [-0.05, 0) is 35.1 Å². The van der Waals surface area contributed by atoms with E-state index in [1.807, 2.05) is 24.3 Å². The molecule has 2 N–H and O–H groups in total. The molecular formula is C15H16ClNO2S. The molecule has 0 saturated heterocycles. The molecule has 106 valence electrons. The first-order valence-electron chi connectivity index (χ1n) is 6.28. The van der Waals surface area contributed by atoms with E-state index < -0.39 is 0 Å². The van der Waals surface area contributed by atoms with Gasteiger partial charge in [0.25, 0.3) is 0 Å². The van der Waals surface area contributed by atoms with Crippen molar-refractivity contribution in [2.45, 2.75) is 19.0 Å². The molecule has 0 spiro atoms. The minimum Gasteiger partial charge on any atom is -0.412 e. The van der Waals surface area contributed by atoms with Gasteiger partial charge in [-0.2, -0.15) is 0 Å². The van der Waals surface area contributed by atoms with E-state index in [1.54, 1.807) is 11.3 Å². The lowest BCUT2D eigenvalue weighted by atomic mass is 10.0. The fraction of sp³-hybridized carbons (Fsp3) is 0.267. The Balaban J connectivity index is 0.00000147. The van der Waals surface area contributed by atoms with E-state index in [0.29, 0.717) is 5.02 Å². The van der Waals surface area contributed by atoms with Crippen LogP contribution in [-0.4, -0.2) is 23.2 Å². The van der Waals surface area contributed by atoms with E-state index >= 15 is 0 Å². The van der Waals surface area contributed by atoms with E-state index in [9.17, 15) is 4.79 Å². The summed E-state index contributed by atoms with van der Waals surface area (Å²) in [5.74, 6) is 0. The van der Waals surface area contributed by atoms with Gasteiger partial charge in [-0.3, -0.25) is 4.90 Å². The molecule has 2 aromatic rings. The van der Waals surface area contributed by atoms with Crippen molar-refractivity contribution in [1.29, 1.82) is 0 Å². The van der Waals surface area contributed by atoms with Gasteiger partial charge in [0.15, 0.2) is 0 Å². The molecule has 1 atom stereocenters. The highest BCUT2D eigenvalue weighted by atomic mass is 35.5. The lowest BCUT2D eigenvalue weighted by Crippen LogP contribution is -2.34. The number of aldehydes is 1. The van der Waals surface area contributed by atoms with Gasteiger partial charge in [0, 0.05) is 23.0 Å². The van der Waals surface area contributed by atoms with Crippen molar-refractivity contribution in [2.75, 3.05) is 6.54 Å². The zero-order valence-electron chi connectivity index (χ0n) is 10.9. The summed E-state index contributed by atoms with van der Waals surface area (Å²) in [4.78, 5) is 15.2. The molecule has 1 aromatic heterocycles. The maximum absolute atomic E-state index is 11.5. The maximum Gasteiger partial charge on any atom is 0.141 e. The van der Waals surface area contributed by atoms with Gasteiger partial charge in [0.2, 0.25) is 0 Å². The first-order valence-corrected chi connectivity index (χ1v) is 7.54. The maximum atomic E-state index is 11.5. The average molecular weight is 310 g/mol. The average Bonchev–Trinajstić information content (AvgIpc) is 2.89. The molecule has 1 aliphatic rings. The van der Waals surface area contributed by atoms with Crippen molar-refractivity contribution in [2.24, 2.45) is 0 Å². The smallest absolute Gasteiger partial charge is 0.141 e. The molecule has 0 amide bonds. The summed E-state index contributed by atoms with van der Waals surface area (Å²) in [6.45, 7) is 1.73. The van der Waals surface area contributed by atoms with Gasteiger partial charge >= 0.3 is 0 Å². The molecule has 0 aliphatic carbocycles. The van der Waals surface area contributed by atoms with Crippen LogP contribution < -0.4 is 0 Å². The third-order valence-corrected chi connectivity index (χ3v) is 4.95. The molecule has 0 unspecified atom stereocenters. The Morgan fingerprint density at radius 1 is 1.30 bits per heavy atom. The largest absolute Gasteiger partial charge is 0.412 e. The highest BCUT2D eigenvalue weighted by molar-refractivity contribution is 7.10. The van der Waals surface area contributed by atoms with Gasteiger partial charge < -0.3 is 10.3 Å². The monoisotopic (exact) mass is 309 g/mol. The third-order valence-electron chi connectivity index (χ3n) is 3.58. The molecule has 3 nitrogen and oxygen atoms in total. The second-order valence-corrected chi connectivity index (χ2v) is 6.10. The van der Waals surface area contributed by atoms with E-state index in [1.165, 1.54) is 10.4 Å². The predicted molar refractivity (Wildman–Crippen MR) is 82.3 cm³/mol. The minimum absolute atomic E-state index is 0. The zero-order chi connectivity index (χ0) is 13.2. The van der Waals surface area contributed by atoms with Gasteiger partial charge in [0.1, 0.15) is 6.29 Å². The number of nitrogens with zero attached hydrogens (tertiary/aromatic N) is 1. The Hall–Kier alpha value is -1.20. The molecule has 20 heavy (non-hydrogen) atoms. The van der Waals surface area contributed by atoms with Crippen molar-refractivity contribution < 1.29 is 10.3 Å². The first kappa shape index (κ1) is 15.2. The van der Waals surface area contributed by atoms with Crippen molar-refractivity contribution in [3.63, 3.8) is 0 Å². The lowest BCUT2D eigenvalue weighted by Gasteiger charge is -2.32. The molecule has 0 bridgehead atoms. The van der Waals surface area contributed by atoms with Crippen LogP contribution in [0, 0.1) is 0 Å². The Morgan fingerprint density at radius 3 is 2.85 bits per heavy atom. The van der Waals surface area contributed by atoms with Crippen molar-refractivity contribution in [1.82, 2.24) is 4.90 Å². The Morgan fingerprint density at radius 2 is 2.10 bits per heavy atom. The summed E-state index contributed by atoms with van der Waals surface area (Å²) in [6, 6.07) is 9.50. The molecular weight excluding hydrogens is 294 g/mol. The summed E-state index contributed by atoms with van der Waals surface area (Å²) in [7, 11) is 0. The second kappa shape index (κ2) is 6.50. The number of fused-ring (bicyclic) bond motifs is 1. The van der Waals surface area contributed by atoms with Crippen LogP contribution >= 0.6 is 22.9 Å². The van der Waals surface area contributed by atoms with Crippen LogP contribution in [0.1, 0.15) is 22.0 Å². The second-order valence-electron chi connectivity index (χ2n) is 4.69. The van der Waals surface area contributed by atoms with E-state index in [-0.39, 0.29) is 11.5 Å². The highest BCUT2D eigenvalue weighted by Crippen LogP contribution is 2.32. The number of hydrogen-bond donors (Lipinski definition) is 0.